The van der Waals surface area contributed by atoms with Crippen LogP contribution in [0.1, 0.15) is 30.2 Å². The molecule has 1 atom stereocenters. The summed E-state index contributed by atoms with van der Waals surface area (Å²) in [5.41, 5.74) is 1.82. The lowest BCUT2D eigenvalue weighted by Gasteiger charge is -2.33. The normalized spacial score (nSPS) is 16.5. The van der Waals surface area contributed by atoms with E-state index in [1.807, 2.05) is 11.8 Å². The second-order valence-corrected chi connectivity index (χ2v) is 9.91. The Morgan fingerprint density at radius 3 is 2.71 bits per heavy atom. The van der Waals surface area contributed by atoms with Gasteiger partial charge in [-0.2, -0.15) is 0 Å². The maximum absolute atomic E-state index is 13.1. The van der Waals surface area contributed by atoms with Gasteiger partial charge in [0.05, 0.1) is 5.39 Å². The van der Waals surface area contributed by atoms with Gasteiger partial charge in [-0.3, -0.25) is 9.59 Å². The SMILES string of the molecule is Cc1sc2ncnc(N[C@H](C)C(=O)N3CCC(C(=O)Nc4ccc5c(c4)OCO5)CC3)c2c1C. The van der Waals surface area contributed by atoms with E-state index in [2.05, 4.69) is 34.4 Å². The third-order valence-electron chi connectivity index (χ3n) is 6.51. The summed E-state index contributed by atoms with van der Waals surface area (Å²) in [6.45, 7) is 7.24. The number of benzene rings is 1. The van der Waals surface area contributed by atoms with Crippen molar-refractivity contribution in [3.63, 3.8) is 0 Å². The number of ether oxygens (including phenoxy) is 2. The maximum Gasteiger partial charge on any atom is 0.244 e. The highest BCUT2D eigenvalue weighted by Crippen LogP contribution is 2.35. The summed E-state index contributed by atoms with van der Waals surface area (Å²) in [6.07, 6.45) is 2.77. The Morgan fingerprint density at radius 2 is 1.91 bits per heavy atom. The van der Waals surface area contributed by atoms with Crippen LogP contribution < -0.4 is 20.1 Å². The third kappa shape index (κ3) is 4.25. The van der Waals surface area contributed by atoms with Crippen molar-refractivity contribution in [2.24, 2.45) is 5.92 Å². The number of fused-ring (bicyclic) bond motifs is 2. The van der Waals surface area contributed by atoms with Crippen LogP contribution in [0, 0.1) is 19.8 Å². The van der Waals surface area contributed by atoms with Crippen LogP contribution in [0.25, 0.3) is 10.2 Å². The predicted octanol–water partition coefficient (Wildman–Crippen LogP) is 3.71. The minimum absolute atomic E-state index is 0.00555. The second-order valence-electron chi connectivity index (χ2n) is 8.71. The number of carbonyl (C=O) groups is 2. The van der Waals surface area contributed by atoms with Crippen LogP contribution in [0.15, 0.2) is 24.5 Å². The fraction of sp³-hybridized carbons (Fsp3) is 0.417. The number of nitrogens with one attached hydrogen (secondary N) is 2. The van der Waals surface area contributed by atoms with Crippen molar-refractivity contribution in [3.05, 3.63) is 35.0 Å². The van der Waals surface area contributed by atoms with Gasteiger partial charge in [0.25, 0.3) is 0 Å². The van der Waals surface area contributed by atoms with Crippen molar-refractivity contribution < 1.29 is 19.1 Å². The summed E-state index contributed by atoms with van der Waals surface area (Å²) in [4.78, 5) is 38.6. The summed E-state index contributed by atoms with van der Waals surface area (Å²) in [5.74, 6) is 1.82. The molecule has 1 aromatic carbocycles. The zero-order chi connectivity index (χ0) is 23.8. The molecular formula is C24H27N5O4S. The van der Waals surface area contributed by atoms with E-state index in [1.165, 1.54) is 11.2 Å². The van der Waals surface area contributed by atoms with Crippen molar-refractivity contribution in [2.75, 3.05) is 30.5 Å². The highest BCUT2D eigenvalue weighted by molar-refractivity contribution is 7.18. The van der Waals surface area contributed by atoms with Crippen molar-refractivity contribution in [3.8, 4) is 11.5 Å². The molecule has 2 amide bonds. The first-order valence-corrected chi connectivity index (χ1v) is 12.2. The number of thiophene rings is 1. The molecule has 0 spiro atoms. The van der Waals surface area contributed by atoms with Gasteiger partial charge in [-0.05, 0) is 51.3 Å². The van der Waals surface area contributed by atoms with Crippen LogP contribution in [-0.2, 0) is 9.59 Å². The Morgan fingerprint density at radius 1 is 1.15 bits per heavy atom. The van der Waals surface area contributed by atoms with E-state index in [0.717, 1.165) is 15.8 Å². The van der Waals surface area contributed by atoms with Crippen LogP contribution >= 0.6 is 11.3 Å². The zero-order valence-corrected chi connectivity index (χ0v) is 20.2. The highest BCUT2D eigenvalue weighted by Gasteiger charge is 2.30. The minimum Gasteiger partial charge on any atom is -0.454 e. The number of aromatic nitrogens is 2. The number of anilines is 2. The zero-order valence-electron chi connectivity index (χ0n) is 19.4. The van der Waals surface area contributed by atoms with Crippen LogP contribution in [0.5, 0.6) is 11.5 Å². The number of piperidine rings is 1. The minimum atomic E-state index is -0.434. The van der Waals surface area contributed by atoms with Gasteiger partial charge in [-0.1, -0.05) is 0 Å². The smallest absolute Gasteiger partial charge is 0.244 e. The van der Waals surface area contributed by atoms with E-state index in [9.17, 15) is 9.59 Å². The standard InChI is InChI=1S/C24H27N5O4S/c1-13-15(3)34-23-20(13)21(25-11-26-23)27-14(2)24(31)29-8-6-16(7-9-29)22(30)28-17-4-5-18-19(10-17)33-12-32-18/h4-5,10-11,14,16H,6-9,12H2,1-3H3,(H,28,30)(H,25,26,27)/t14-/m1/s1. The summed E-state index contributed by atoms with van der Waals surface area (Å²) in [6, 6.07) is 4.93. The van der Waals surface area contributed by atoms with E-state index in [-0.39, 0.29) is 24.5 Å². The molecule has 0 saturated carbocycles. The van der Waals surface area contributed by atoms with Gasteiger partial charge < -0.3 is 25.0 Å². The number of amides is 2. The first-order chi connectivity index (χ1) is 16.4. The molecule has 2 aliphatic heterocycles. The third-order valence-corrected chi connectivity index (χ3v) is 7.62. The molecule has 0 unspecified atom stereocenters. The van der Waals surface area contributed by atoms with Gasteiger partial charge in [0.1, 0.15) is 23.0 Å². The van der Waals surface area contributed by atoms with Gasteiger partial charge in [-0.15, -0.1) is 11.3 Å². The van der Waals surface area contributed by atoms with Crippen molar-refractivity contribution >= 4 is 44.9 Å². The van der Waals surface area contributed by atoms with Crippen molar-refractivity contribution in [1.82, 2.24) is 14.9 Å². The Balaban J connectivity index is 1.17. The molecule has 2 N–H and O–H groups in total. The van der Waals surface area contributed by atoms with Gasteiger partial charge in [0, 0.05) is 35.6 Å². The van der Waals surface area contributed by atoms with Crippen LogP contribution in [0.3, 0.4) is 0 Å². The van der Waals surface area contributed by atoms with Gasteiger partial charge >= 0.3 is 0 Å². The first kappa shape index (κ1) is 22.4. The summed E-state index contributed by atoms with van der Waals surface area (Å²) in [7, 11) is 0. The summed E-state index contributed by atoms with van der Waals surface area (Å²) in [5, 5.41) is 7.22. The molecule has 4 heterocycles. The van der Waals surface area contributed by atoms with E-state index >= 15 is 0 Å². The molecule has 3 aromatic rings. The predicted molar refractivity (Wildman–Crippen MR) is 130 cm³/mol. The molecule has 178 valence electrons. The number of hydrogen-bond acceptors (Lipinski definition) is 8. The molecule has 34 heavy (non-hydrogen) atoms. The quantitative estimate of drug-likeness (QED) is 0.572. The first-order valence-electron chi connectivity index (χ1n) is 11.4. The molecule has 1 saturated heterocycles. The molecule has 10 heteroatoms. The number of rotatable bonds is 5. The Bertz CT molecular complexity index is 1250. The molecule has 2 aromatic heterocycles. The fourth-order valence-corrected chi connectivity index (χ4v) is 5.41. The highest BCUT2D eigenvalue weighted by atomic mass is 32.1. The van der Waals surface area contributed by atoms with E-state index in [4.69, 9.17) is 9.47 Å². The lowest BCUT2D eigenvalue weighted by molar-refractivity contribution is -0.134. The largest absolute Gasteiger partial charge is 0.454 e. The molecule has 0 bridgehead atoms. The number of likely N-dealkylation sites (tertiary alicyclic amines) is 1. The van der Waals surface area contributed by atoms with Gasteiger partial charge in [-0.25, -0.2) is 9.97 Å². The maximum atomic E-state index is 13.1. The van der Waals surface area contributed by atoms with Crippen molar-refractivity contribution in [2.45, 2.75) is 39.7 Å². The molecule has 2 aliphatic rings. The Labute approximate surface area is 201 Å². The molecule has 9 nitrogen and oxygen atoms in total. The van der Waals surface area contributed by atoms with Gasteiger partial charge in [0.15, 0.2) is 11.5 Å². The monoisotopic (exact) mass is 481 g/mol. The number of carbonyl (C=O) groups excluding carboxylic acids is 2. The van der Waals surface area contributed by atoms with E-state index in [1.54, 1.807) is 29.5 Å². The summed E-state index contributed by atoms with van der Waals surface area (Å²) < 4.78 is 10.7. The Hall–Kier alpha value is -3.40. The van der Waals surface area contributed by atoms with E-state index < -0.39 is 6.04 Å². The van der Waals surface area contributed by atoms with Gasteiger partial charge in [0.2, 0.25) is 18.6 Å². The molecule has 5 rings (SSSR count). The van der Waals surface area contributed by atoms with Crippen LogP contribution in [-0.4, -0.2) is 52.6 Å². The topological polar surface area (TPSA) is 106 Å². The Kier molecular flexibility index (Phi) is 5.99. The van der Waals surface area contributed by atoms with Crippen LogP contribution in [0.4, 0.5) is 11.5 Å². The summed E-state index contributed by atoms with van der Waals surface area (Å²) >= 11 is 1.63. The number of aryl methyl sites for hydroxylation is 2. The average molecular weight is 482 g/mol. The van der Waals surface area contributed by atoms with E-state index in [0.29, 0.717) is 48.9 Å². The molecular weight excluding hydrogens is 454 g/mol. The number of hydrogen-bond donors (Lipinski definition) is 2. The fourth-order valence-electron chi connectivity index (χ4n) is 4.41. The molecule has 1 fully saturated rings. The average Bonchev–Trinajstić information content (AvgIpc) is 3.42. The van der Waals surface area contributed by atoms with Crippen molar-refractivity contribution in [1.29, 1.82) is 0 Å². The lowest BCUT2D eigenvalue weighted by Crippen LogP contribution is -2.47. The van der Waals surface area contributed by atoms with Crippen LogP contribution in [0.2, 0.25) is 0 Å². The second kappa shape index (κ2) is 9.09. The number of nitrogens with zero attached hydrogens (tertiary/aromatic N) is 3. The molecule has 0 radical (unpaired) electrons. The molecule has 0 aliphatic carbocycles. The lowest BCUT2D eigenvalue weighted by atomic mass is 9.95.